The third-order valence-corrected chi connectivity index (χ3v) is 1.37. The number of nitrogens with one attached hydrogen (secondary N) is 2. The Morgan fingerprint density at radius 1 is 1.25 bits per heavy atom. The van der Waals surface area contributed by atoms with Gasteiger partial charge in [0, 0.05) is 26.2 Å². The average molecular weight is 133 g/mol. The summed E-state index contributed by atoms with van der Waals surface area (Å²) < 4.78 is 0. The smallest absolute Gasteiger partial charge is 0.0749 e. The lowest BCUT2D eigenvalue weighted by molar-refractivity contribution is 0.681. The van der Waals surface area contributed by atoms with E-state index in [1.807, 2.05) is 0 Å². The van der Waals surface area contributed by atoms with Crippen molar-refractivity contribution >= 4 is 10.4 Å². The zero-order chi connectivity index (χ0) is 6.24. The highest BCUT2D eigenvalue weighted by Crippen LogP contribution is 1.52. The first-order chi connectivity index (χ1) is 3.91. The second-order valence-electron chi connectivity index (χ2n) is 1.64. The molecule has 0 fully saturated rings. The maximum absolute atomic E-state index is 5.24. The Morgan fingerprint density at radius 2 is 2.00 bits per heavy atom. The van der Waals surface area contributed by atoms with E-state index < -0.39 is 0 Å². The molecule has 0 saturated heterocycles. The molecule has 0 aromatic carbocycles. The second-order valence-corrected chi connectivity index (χ2v) is 2.35. The summed E-state index contributed by atoms with van der Waals surface area (Å²) in [6, 6.07) is 0. The van der Waals surface area contributed by atoms with Crippen LogP contribution in [0.4, 0.5) is 0 Å². The summed E-state index contributed by atoms with van der Waals surface area (Å²) in [6.45, 7) is 3.79. The van der Waals surface area contributed by atoms with Crippen molar-refractivity contribution in [3.05, 3.63) is 0 Å². The Morgan fingerprint density at radius 3 is 2.50 bits per heavy atom. The fourth-order valence-electron chi connectivity index (χ4n) is 0.440. The largest absolute Gasteiger partial charge is 0.344 e. The molecular formula is C4H15N3Si. The van der Waals surface area contributed by atoms with Crippen LogP contribution in [0.15, 0.2) is 0 Å². The molecule has 0 heterocycles. The van der Waals surface area contributed by atoms with Gasteiger partial charge in [-0.3, -0.25) is 0 Å². The van der Waals surface area contributed by atoms with Crippen LogP contribution in [0.1, 0.15) is 0 Å². The molecular weight excluding hydrogens is 118 g/mol. The molecule has 8 heavy (non-hydrogen) atoms. The maximum Gasteiger partial charge on any atom is 0.0749 e. The van der Waals surface area contributed by atoms with Gasteiger partial charge in [0.2, 0.25) is 0 Å². The van der Waals surface area contributed by atoms with Crippen molar-refractivity contribution in [3.8, 4) is 0 Å². The molecule has 0 aliphatic rings. The third kappa shape index (κ3) is 6.10. The van der Waals surface area contributed by atoms with Crippen LogP contribution in [-0.4, -0.2) is 36.6 Å². The lowest BCUT2D eigenvalue weighted by Crippen LogP contribution is -2.29. The molecule has 4 N–H and O–H groups in total. The number of hydrogen-bond acceptors (Lipinski definition) is 3. The maximum atomic E-state index is 5.24. The highest BCUT2D eigenvalue weighted by Gasteiger charge is 1.79. The third-order valence-electron chi connectivity index (χ3n) is 0.873. The monoisotopic (exact) mass is 133 g/mol. The van der Waals surface area contributed by atoms with Crippen LogP contribution in [0.25, 0.3) is 0 Å². The number of nitrogens with two attached hydrogens (primary N) is 1. The van der Waals surface area contributed by atoms with Gasteiger partial charge in [-0.25, -0.2) is 0 Å². The predicted octanol–water partition coefficient (Wildman–Crippen LogP) is -2.60. The molecule has 0 bridgehead atoms. The van der Waals surface area contributed by atoms with Gasteiger partial charge >= 0.3 is 0 Å². The predicted molar refractivity (Wildman–Crippen MR) is 39.9 cm³/mol. The van der Waals surface area contributed by atoms with Crippen molar-refractivity contribution in [2.24, 2.45) is 5.73 Å². The van der Waals surface area contributed by atoms with Crippen molar-refractivity contribution in [2.45, 2.75) is 0 Å². The van der Waals surface area contributed by atoms with Gasteiger partial charge in [-0.1, -0.05) is 0 Å². The van der Waals surface area contributed by atoms with Gasteiger partial charge in [-0.2, -0.15) is 0 Å². The first kappa shape index (κ1) is 8.10. The molecule has 50 valence electrons. The Kier molecular flexibility index (Phi) is 7.18. The summed E-state index contributed by atoms with van der Waals surface area (Å²) in [6.07, 6.45) is 0. The highest BCUT2D eigenvalue weighted by atomic mass is 28.2. The normalized spacial score (nSPS) is 10.1. The molecule has 0 spiro atoms. The molecule has 0 rings (SSSR count). The summed E-state index contributed by atoms with van der Waals surface area (Å²) in [5.74, 6) is 0. The summed E-state index contributed by atoms with van der Waals surface area (Å²) in [4.78, 5) is 3.16. The Hall–Kier alpha value is 0.0969. The van der Waals surface area contributed by atoms with Crippen LogP contribution in [0, 0.1) is 0 Å². The van der Waals surface area contributed by atoms with E-state index in [0.29, 0.717) is 0 Å². The van der Waals surface area contributed by atoms with Gasteiger partial charge in [-0.05, 0) is 0 Å². The van der Waals surface area contributed by atoms with Crippen LogP contribution < -0.4 is 16.0 Å². The van der Waals surface area contributed by atoms with Gasteiger partial charge < -0.3 is 16.0 Å². The van der Waals surface area contributed by atoms with E-state index in [4.69, 9.17) is 5.73 Å². The van der Waals surface area contributed by atoms with Crippen LogP contribution in [0.5, 0.6) is 0 Å². The molecule has 0 aromatic heterocycles. The number of rotatable bonds is 5. The summed E-state index contributed by atoms with van der Waals surface area (Å²) >= 11 is 0. The van der Waals surface area contributed by atoms with E-state index in [0.717, 1.165) is 36.6 Å². The van der Waals surface area contributed by atoms with Crippen LogP contribution in [-0.2, 0) is 0 Å². The van der Waals surface area contributed by atoms with Crippen molar-refractivity contribution in [2.75, 3.05) is 26.2 Å². The molecule has 0 aliphatic carbocycles. The van der Waals surface area contributed by atoms with E-state index in [2.05, 4.69) is 10.3 Å². The minimum Gasteiger partial charge on any atom is -0.344 e. The van der Waals surface area contributed by atoms with Crippen LogP contribution >= 0.6 is 0 Å². The quantitative estimate of drug-likeness (QED) is 0.285. The Balaban J connectivity index is 2.53. The highest BCUT2D eigenvalue weighted by molar-refractivity contribution is 6.04. The van der Waals surface area contributed by atoms with Gasteiger partial charge in [0.05, 0.1) is 10.4 Å². The second kappa shape index (κ2) is 7.10. The van der Waals surface area contributed by atoms with Crippen LogP contribution in [0.3, 0.4) is 0 Å². The minimum absolute atomic E-state index is 0.737. The van der Waals surface area contributed by atoms with Gasteiger partial charge in [0.25, 0.3) is 0 Å². The van der Waals surface area contributed by atoms with Crippen LogP contribution in [0.2, 0.25) is 0 Å². The molecule has 0 amide bonds. The first-order valence-electron chi connectivity index (χ1n) is 2.97. The van der Waals surface area contributed by atoms with Crippen molar-refractivity contribution in [1.82, 2.24) is 10.3 Å². The summed E-state index contributed by atoms with van der Waals surface area (Å²) in [5.41, 5.74) is 5.24. The Labute approximate surface area is 53.5 Å². The van der Waals surface area contributed by atoms with Crippen molar-refractivity contribution in [3.63, 3.8) is 0 Å². The molecule has 3 nitrogen and oxygen atoms in total. The SMILES string of the molecule is NCCNCCN[SiH3]. The van der Waals surface area contributed by atoms with Crippen molar-refractivity contribution < 1.29 is 0 Å². The molecule has 0 aromatic rings. The molecule has 0 saturated carbocycles. The fourth-order valence-corrected chi connectivity index (χ4v) is 0.690. The molecule has 0 atom stereocenters. The van der Waals surface area contributed by atoms with E-state index in [-0.39, 0.29) is 0 Å². The zero-order valence-corrected chi connectivity index (χ0v) is 7.41. The summed E-state index contributed by atoms with van der Waals surface area (Å²) in [7, 11) is 1.09. The number of hydrogen-bond donors (Lipinski definition) is 3. The minimum atomic E-state index is 0.737. The van der Waals surface area contributed by atoms with E-state index in [1.165, 1.54) is 0 Å². The van der Waals surface area contributed by atoms with Gasteiger partial charge in [-0.15, -0.1) is 0 Å². The zero-order valence-electron chi connectivity index (χ0n) is 5.41. The van der Waals surface area contributed by atoms with Gasteiger partial charge in [0.15, 0.2) is 0 Å². The molecule has 0 aliphatic heterocycles. The van der Waals surface area contributed by atoms with E-state index in [1.54, 1.807) is 0 Å². The molecule has 0 radical (unpaired) electrons. The van der Waals surface area contributed by atoms with Crippen molar-refractivity contribution in [1.29, 1.82) is 0 Å². The topological polar surface area (TPSA) is 50.1 Å². The molecule has 4 heteroatoms. The standard InChI is InChI=1S/C4H15N3Si/c5-1-2-6-3-4-7-8/h6-7H,1-5H2,8H3. The molecule has 0 unspecified atom stereocenters. The van der Waals surface area contributed by atoms with Gasteiger partial charge in [0.1, 0.15) is 0 Å². The Bertz CT molecular complexity index is 36.3. The van der Waals surface area contributed by atoms with E-state index in [9.17, 15) is 0 Å². The van der Waals surface area contributed by atoms with E-state index >= 15 is 0 Å². The lowest BCUT2D eigenvalue weighted by atomic mass is 10.6. The summed E-state index contributed by atoms with van der Waals surface area (Å²) in [5, 5.41) is 3.17. The first-order valence-corrected chi connectivity index (χ1v) is 3.97. The fraction of sp³-hybridized carbons (Fsp3) is 1.00. The lowest BCUT2D eigenvalue weighted by Gasteiger charge is -1.99. The average Bonchev–Trinajstić information content (AvgIpc) is 1.81.